The summed E-state index contributed by atoms with van der Waals surface area (Å²) in [4.78, 5) is 0. The molecular formula is C12H19NO. The highest BCUT2D eigenvalue weighted by Crippen LogP contribution is 2.27. The van der Waals surface area contributed by atoms with Crippen LogP contribution in [0.1, 0.15) is 30.9 Å². The Balaban J connectivity index is 3.08. The second-order valence-corrected chi connectivity index (χ2v) is 3.57. The summed E-state index contributed by atoms with van der Waals surface area (Å²) >= 11 is 0. The van der Waals surface area contributed by atoms with Crippen LogP contribution in [0, 0.1) is 0 Å². The molecule has 0 amide bonds. The Kier molecular flexibility index (Phi) is 3.96. The predicted molar refractivity (Wildman–Crippen MR) is 59.8 cm³/mol. The average molecular weight is 193 g/mol. The van der Waals surface area contributed by atoms with Crippen molar-refractivity contribution in [2.45, 2.75) is 26.2 Å². The van der Waals surface area contributed by atoms with Crippen LogP contribution in [0.4, 0.5) is 0 Å². The Morgan fingerprint density at radius 1 is 1.43 bits per heavy atom. The van der Waals surface area contributed by atoms with Crippen molar-refractivity contribution in [3.05, 3.63) is 29.3 Å². The minimum atomic E-state index is 0.358. The maximum Gasteiger partial charge on any atom is 0.122 e. The van der Waals surface area contributed by atoms with Crippen molar-refractivity contribution in [2.75, 3.05) is 13.7 Å². The van der Waals surface area contributed by atoms with Gasteiger partial charge in [-0.3, -0.25) is 0 Å². The number of benzene rings is 1. The zero-order chi connectivity index (χ0) is 10.6. The highest BCUT2D eigenvalue weighted by Gasteiger charge is 2.10. The van der Waals surface area contributed by atoms with Crippen LogP contribution in [0.5, 0.6) is 5.75 Å². The number of rotatable bonds is 4. The SMILES string of the molecule is CCc1ccc(OC)c(C(C)CN)c1. The first kappa shape index (κ1) is 11.1. The highest BCUT2D eigenvalue weighted by atomic mass is 16.5. The quantitative estimate of drug-likeness (QED) is 0.796. The summed E-state index contributed by atoms with van der Waals surface area (Å²) in [5.41, 5.74) is 8.21. The van der Waals surface area contributed by atoms with E-state index in [1.165, 1.54) is 11.1 Å². The largest absolute Gasteiger partial charge is 0.496 e. The molecule has 78 valence electrons. The minimum absolute atomic E-state index is 0.358. The van der Waals surface area contributed by atoms with E-state index in [-0.39, 0.29) is 0 Å². The summed E-state index contributed by atoms with van der Waals surface area (Å²) < 4.78 is 5.31. The second-order valence-electron chi connectivity index (χ2n) is 3.57. The van der Waals surface area contributed by atoms with Crippen LogP contribution in [0.2, 0.25) is 0 Å². The van der Waals surface area contributed by atoms with E-state index in [4.69, 9.17) is 10.5 Å². The molecule has 1 atom stereocenters. The molecule has 2 nitrogen and oxygen atoms in total. The van der Waals surface area contributed by atoms with E-state index in [0.29, 0.717) is 12.5 Å². The lowest BCUT2D eigenvalue weighted by Gasteiger charge is -2.14. The van der Waals surface area contributed by atoms with Crippen LogP contribution < -0.4 is 10.5 Å². The monoisotopic (exact) mass is 193 g/mol. The van der Waals surface area contributed by atoms with Crippen LogP contribution in [-0.4, -0.2) is 13.7 Å². The molecule has 0 aliphatic rings. The Bertz CT molecular complexity index is 296. The van der Waals surface area contributed by atoms with Crippen molar-refractivity contribution in [2.24, 2.45) is 5.73 Å². The van der Waals surface area contributed by atoms with Gasteiger partial charge in [-0.2, -0.15) is 0 Å². The van der Waals surface area contributed by atoms with Gasteiger partial charge in [0.05, 0.1) is 7.11 Å². The summed E-state index contributed by atoms with van der Waals surface area (Å²) in [7, 11) is 1.70. The molecule has 2 N–H and O–H groups in total. The van der Waals surface area contributed by atoms with E-state index in [2.05, 4.69) is 26.0 Å². The Morgan fingerprint density at radius 2 is 2.14 bits per heavy atom. The lowest BCUT2D eigenvalue weighted by molar-refractivity contribution is 0.406. The third-order valence-corrected chi connectivity index (χ3v) is 2.59. The van der Waals surface area contributed by atoms with Crippen molar-refractivity contribution in [3.8, 4) is 5.75 Å². The molecule has 1 rings (SSSR count). The lowest BCUT2D eigenvalue weighted by atomic mass is 9.97. The molecule has 0 aliphatic heterocycles. The molecular weight excluding hydrogens is 174 g/mol. The molecule has 0 saturated carbocycles. The van der Waals surface area contributed by atoms with Gasteiger partial charge in [0.25, 0.3) is 0 Å². The van der Waals surface area contributed by atoms with Crippen molar-refractivity contribution >= 4 is 0 Å². The van der Waals surface area contributed by atoms with Crippen LogP contribution in [0.15, 0.2) is 18.2 Å². The lowest BCUT2D eigenvalue weighted by Crippen LogP contribution is -2.10. The fourth-order valence-corrected chi connectivity index (χ4v) is 1.52. The molecule has 0 aliphatic carbocycles. The Labute approximate surface area is 86.1 Å². The van der Waals surface area contributed by atoms with E-state index in [1.54, 1.807) is 7.11 Å². The van der Waals surface area contributed by atoms with Crippen LogP contribution >= 0.6 is 0 Å². The minimum Gasteiger partial charge on any atom is -0.496 e. The Morgan fingerprint density at radius 3 is 2.64 bits per heavy atom. The molecule has 0 radical (unpaired) electrons. The van der Waals surface area contributed by atoms with Gasteiger partial charge in [-0.25, -0.2) is 0 Å². The number of hydrogen-bond donors (Lipinski definition) is 1. The normalized spacial score (nSPS) is 12.6. The fraction of sp³-hybridized carbons (Fsp3) is 0.500. The molecule has 0 aromatic heterocycles. The maximum absolute atomic E-state index is 5.66. The molecule has 1 aromatic carbocycles. The number of methoxy groups -OCH3 is 1. The van der Waals surface area contributed by atoms with E-state index in [1.807, 2.05) is 6.07 Å². The average Bonchev–Trinajstić information content (AvgIpc) is 2.27. The fourth-order valence-electron chi connectivity index (χ4n) is 1.52. The molecule has 0 saturated heterocycles. The zero-order valence-electron chi connectivity index (χ0n) is 9.21. The third kappa shape index (κ3) is 2.26. The molecule has 2 heteroatoms. The topological polar surface area (TPSA) is 35.2 Å². The van der Waals surface area contributed by atoms with Crippen molar-refractivity contribution in [1.82, 2.24) is 0 Å². The van der Waals surface area contributed by atoms with Crippen LogP contribution in [0.25, 0.3) is 0 Å². The van der Waals surface area contributed by atoms with Crippen molar-refractivity contribution in [3.63, 3.8) is 0 Å². The number of hydrogen-bond acceptors (Lipinski definition) is 2. The zero-order valence-corrected chi connectivity index (χ0v) is 9.21. The second kappa shape index (κ2) is 5.01. The summed E-state index contributed by atoms with van der Waals surface area (Å²) in [5, 5.41) is 0. The summed E-state index contributed by atoms with van der Waals surface area (Å²) in [6.45, 7) is 4.93. The van der Waals surface area contributed by atoms with Gasteiger partial charge >= 0.3 is 0 Å². The van der Waals surface area contributed by atoms with Gasteiger partial charge in [-0.1, -0.05) is 26.0 Å². The third-order valence-electron chi connectivity index (χ3n) is 2.59. The van der Waals surface area contributed by atoms with E-state index >= 15 is 0 Å². The van der Waals surface area contributed by atoms with Crippen molar-refractivity contribution < 1.29 is 4.74 Å². The molecule has 0 heterocycles. The highest BCUT2D eigenvalue weighted by molar-refractivity contribution is 5.39. The first-order valence-electron chi connectivity index (χ1n) is 5.09. The summed E-state index contributed by atoms with van der Waals surface area (Å²) in [5.74, 6) is 1.30. The first-order chi connectivity index (χ1) is 6.72. The van der Waals surface area contributed by atoms with Crippen molar-refractivity contribution in [1.29, 1.82) is 0 Å². The maximum atomic E-state index is 5.66. The molecule has 0 fully saturated rings. The molecule has 1 aromatic rings. The Hall–Kier alpha value is -1.02. The number of ether oxygens (including phenoxy) is 1. The smallest absolute Gasteiger partial charge is 0.122 e. The molecule has 1 unspecified atom stereocenters. The predicted octanol–water partition coefficient (Wildman–Crippen LogP) is 2.32. The summed E-state index contributed by atoms with van der Waals surface area (Å²) in [6.07, 6.45) is 1.05. The van der Waals surface area contributed by atoms with E-state index in [0.717, 1.165) is 12.2 Å². The van der Waals surface area contributed by atoms with Crippen LogP contribution in [-0.2, 0) is 6.42 Å². The number of nitrogens with two attached hydrogens (primary N) is 1. The van der Waals surface area contributed by atoms with Gasteiger partial charge in [-0.15, -0.1) is 0 Å². The van der Waals surface area contributed by atoms with Gasteiger partial charge in [-0.05, 0) is 36.1 Å². The standard InChI is InChI=1S/C12H19NO/c1-4-10-5-6-12(14-3)11(7-10)9(2)8-13/h5-7,9H,4,8,13H2,1-3H3. The molecule has 0 bridgehead atoms. The van der Waals surface area contributed by atoms with Gasteiger partial charge in [0.2, 0.25) is 0 Å². The summed E-state index contributed by atoms with van der Waals surface area (Å²) in [6, 6.07) is 6.32. The van der Waals surface area contributed by atoms with Gasteiger partial charge in [0.15, 0.2) is 0 Å². The van der Waals surface area contributed by atoms with Crippen LogP contribution in [0.3, 0.4) is 0 Å². The van der Waals surface area contributed by atoms with Gasteiger partial charge in [0, 0.05) is 0 Å². The van der Waals surface area contributed by atoms with Gasteiger partial charge < -0.3 is 10.5 Å². The molecule has 14 heavy (non-hydrogen) atoms. The van der Waals surface area contributed by atoms with Gasteiger partial charge in [0.1, 0.15) is 5.75 Å². The van der Waals surface area contributed by atoms with E-state index < -0.39 is 0 Å². The molecule has 0 spiro atoms. The first-order valence-corrected chi connectivity index (χ1v) is 5.09. The number of aryl methyl sites for hydroxylation is 1. The van der Waals surface area contributed by atoms with E-state index in [9.17, 15) is 0 Å².